The average molecular weight is 394 g/mol. The van der Waals surface area contributed by atoms with Crippen molar-refractivity contribution >= 4 is 23.1 Å². The van der Waals surface area contributed by atoms with Crippen LogP contribution in [0.4, 0.5) is 0 Å². The number of benzene rings is 2. The third-order valence-corrected chi connectivity index (χ3v) is 5.29. The zero-order valence-electron chi connectivity index (χ0n) is 15.9. The number of thiazole rings is 1. The third kappa shape index (κ3) is 5.36. The van der Waals surface area contributed by atoms with Gasteiger partial charge in [-0.1, -0.05) is 54.6 Å². The first-order valence-electron chi connectivity index (χ1n) is 9.47. The fourth-order valence-electron chi connectivity index (χ4n) is 2.92. The maximum Gasteiger partial charge on any atom is 0.357 e. The second-order valence-corrected chi connectivity index (χ2v) is 7.31. The maximum absolute atomic E-state index is 12.2. The highest BCUT2D eigenvalue weighted by Crippen LogP contribution is 2.20. The lowest BCUT2D eigenvalue weighted by Crippen LogP contribution is -2.06. The molecule has 2 aromatic carbocycles. The zero-order valence-corrected chi connectivity index (χ0v) is 16.7. The molecule has 0 aliphatic rings. The fraction of sp³-hybridized carbons (Fsp3) is 0.261. The van der Waals surface area contributed by atoms with Gasteiger partial charge in [-0.05, 0) is 42.9 Å². The van der Waals surface area contributed by atoms with Gasteiger partial charge in [0.2, 0.25) is 0 Å². The summed E-state index contributed by atoms with van der Waals surface area (Å²) in [5.41, 5.74) is 3.91. The minimum absolute atomic E-state index is 0.0139. The van der Waals surface area contributed by atoms with Crippen LogP contribution >= 0.6 is 11.3 Å². The molecule has 1 aromatic heterocycles. The summed E-state index contributed by atoms with van der Waals surface area (Å²) in [6.07, 6.45) is 3.12. The molecule has 3 rings (SSSR count). The summed E-state index contributed by atoms with van der Waals surface area (Å²) in [4.78, 5) is 28.0. The Balaban J connectivity index is 1.44. The summed E-state index contributed by atoms with van der Waals surface area (Å²) in [7, 11) is 0. The number of aryl methyl sites for hydroxylation is 1. The molecule has 0 atom stereocenters. The van der Waals surface area contributed by atoms with Crippen LogP contribution in [-0.2, 0) is 11.2 Å². The highest BCUT2D eigenvalue weighted by Gasteiger charge is 2.15. The van der Waals surface area contributed by atoms with Gasteiger partial charge in [0.1, 0.15) is 0 Å². The fourth-order valence-corrected chi connectivity index (χ4v) is 3.67. The molecule has 0 radical (unpaired) electrons. The lowest BCUT2D eigenvalue weighted by Gasteiger charge is -2.04. The van der Waals surface area contributed by atoms with E-state index in [1.807, 2.05) is 18.2 Å². The van der Waals surface area contributed by atoms with Crippen LogP contribution in [-0.4, -0.2) is 23.3 Å². The SMILES string of the molecule is CCOC(=O)c1csc(C(=O)CCCCc2ccc(-c3ccccc3)cc2)n1. The second kappa shape index (κ2) is 9.95. The molecule has 3 aromatic rings. The number of ketones is 1. The van der Waals surface area contributed by atoms with E-state index in [1.54, 1.807) is 12.3 Å². The minimum atomic E-state index is -0.475. The number of aromatic nitrogens is 1. The number of hydrogen-bond acceptors (Lipinski definition) is 5. The van der Waals surface area contributed by atoms with Crippen LogP contribution in [0, 0.1) is 0 Å². The van der Waals surface area contributed by atoms with E-state index in [9.17, 15) is 9.59 Å². The van der Waals surface area contributed by atoms with Crippen molar-refractivity contribution in [1.29, 1.82) is 0 Å². The normalized spacial score (nSPS) is 10.6. The van der Waals surface area contributed by atoms with E-state index in [0.29, 0.717) is 18.0 Å². The molecule has 0 aliphatic carbocycles. The lowest BCUT2D eigenvalue weighted by molar-refractivity contribution is 0.0520. The van der Waals surface area contributed by atoms with Crippen LogP contribution in [0.2, 0.25) is 0 Å². The molecular weight excluding hydrogens is 370 g/mol. The number of ether oxygens (including phenoxy) is 1. The van der Waals surface area contributed by atoms with Gasteiger partial charge in [-0.15, -0.1) is 11.3 Å². The Morgan fingerprint density at radius 1 is 0.964 bits per heavy atom. The first-order chi connectivity index (χ1) is 13.7. The average Bonchev–Trinajstić information content (AvgIpc) is 3.23. The Bertz CT molecular complexity index is 917. The van der Waals surface area contributed by atoms with Gasteiger partial charge in [-0.25, -0.2) is 9.78 Å². The topological polar surface area (TPSA) is 56.3 Å². The first-order valence-corrected chi connectivity index (χ1v) is 10.4. The number of carbonyl (C=O) groups is 2. The van der Waals surface area contributed by atoms with Gasteiger partial charge >= 0.3 is 5.97 Å². The largest absolute Gasteiger partial charge is 0.461 e. The van der Waals surface area contributed by atoms with E-state index in [-0.39, 0.29) is 11.5 Å². The van der Waals surface area contributed by atoms with E-state index in [4.69, 9.17) is 4.74 Å². The van der Waals surface area contributed by atoms with Gasteiger partial charge in [0.25, 0.3) is 0 Å². The number of nitrogens with zero attached hydrogens (tertiary/aromatic N) is 1. The first kappa shape index (κ1) is 20.0. The summed E-state index contributed by atoms with van der Waals surface area (Å²) in [5, 5.41) is 1.97. The quantitative estimate of drug-likeness (QED) is 0.270. The summed E-state index contributed by atoms with van der Waals surface area (Å²) in [5.74, 6) is -0.489. The van der Waals surface area contributed by atoms with Crippen LogP contribution in [0.25, 0.3) is 11.1 Å². The number of esters is 1. The molecule has 144 valence electrons. The van der Waals surface area contributed by atoms with Crippen molar-refractivity contribution in [1.82, 2.24) is 4.98 Å². The summed E-state index contributed by atoms with van der Waals surface area (Å²) < 4.78 is 4.90. The van der Waals surface area contributed by atoms with Gasteiger partial charge in [0.15, 0.2) is 16.5 Å². The zero-order chi connectivity index (χ0) is 19.8. The van der Waals surface area contributed by atoms with Gasteiger partial charge in [0.05, 0.1) is 6.61 Å². The van der Waals surface area contributed by atoms with E-state index in [1.165, 1.54) is 28.0 Å². The van der Waals surface area contributed by atoms with Gasteiger partial charge in [-0.2, -0.15) is 0 Å². The molecule has 0 N–H and O–H groups in total. The number of carbonyl (C=O) groups excluding carboxylic acids is 2. The van der Waals surface area contributed by atoms with Crippen LogP contribution < -0.4 is 0 Å². The summed E-state index contributed by atoms with van der Waals surface area (Å²) in [6.45, 7) is 2.04. The molecule has 0 spiro atoms. The summed E-state index contributed by atoms with van der Waals surface area (Å²) in [6, 6.07) is 18.9. The van der Waals surface area contributed by atoms with Crippen LogP contribution in [0.3, 0.4) is 0 Å². The molecule has 0 saturated carbocycles. The van der Waals surface area contributed by atoms with Gasteiger partial charge < -0.3 is 4.74 Å². The Morgan fingerprint density at radius 2 is 1.68 bits per heavy atom. The van der Waals surface area contributed by atoms with E-state index in [2.05, 4.69) is 41.4 Å². The van der Waals surface area contributed by atoms with E-state index >= 15 is 0 Å². The van der Waals surface area contributed by atoms with Gasteiger partial charge in [0, 0.05) is 11.8 Å². The molecule has 4 nitrogen and oxygen atoms in total. The Hall–Kier alpha value is -2.79. The number of rotatable bonds is 9. The molecule has 0 aliphatic heterocycles. The number of unbranched alkanes of at least 4 members (excludes halogenated alkanes) is 1. The van der Waals surface area contributed by atoms with E-state index in [0.717, 1.165) is 19.3 Å². The van der Waals surface area contributed by atoms with Gasteiger partial charge in [-0.3, -0.25) is 4.79 Å². The van der Waals surface area contributed by atoms with Crippen molar-refractivity contribution in [3.05, 3.63) is 76.2 Å². The minimum Gasteiger partial charge on any atom is -0.461 e. The van der Waals surface area contributed by atoms with Crippen molar-refractivity contribution in [2.24, 2.45) is 0 Å². The van der Waals surface area contributed by atoms with Crippen molar-refractivity contribution < 1.29 is 14.3 Å². The maximum atomic E-state index is 12.2. The molecule has 28 heavy (non-hydrogen) atoms. The molecular formula is C23H23NO3S. The summed E-state index contributed by atoms with van der Waals surface area (Å²) >= 11 is 1.20. The van der Waals surface area contributed by atoms with Crippen molar-refractivity contribution in [3.8, 4) is 11.1 Å². The third-order valence-electron chi connectivity index (χ3n) is 4.41. The standard InChI is InChI=1S/C23H23NO3S/c1-2-27-23(26)20-16-28-22(24-20)21(25)11-7-6-8-17-12-14-19(15-13-17)18-9-4-3-5-10-18/h3-5,9-10,12-16H,2,6-8,11H2,1H3. The molecule has 1 heterocycles. The smallest absolute Gasteiger partial charge is 0.357 e. The number of hydrogen-bond donors (Lipinski definition) is 0. The van der Waals surface area contributed by atoms with Crippen molar-refractivity contribution in [2.45, 2.75) is 32.6 Å². The van der Waals surface area contributed by atoms with Crippen LogP contribution in [0.5, 0.6) is 0 Å². The molecule has 0 saturated heterocycles. The van der Waals surface area contributed by atoms with Crippen molar-refractivity contribution in [2.75, 3.05) is 6.61 Å². The Labute approximate surface area is 169 Å². The Morgan fingerprint density at radius 3 is 2.39 bits per heavy atom. The molecule has 0 unspecified atom stereocenters. The van der Waals surface area contributed by atoms with E-state index < -0.39 is 5.97 Å². The predicted molar refractivity (Wildman–Crippen MR) is 112 cm³/mol. The molecule has 0 amide bonds. The van der Waals surface area contributed by atoms with Crippen molar-refractivity contribution in [3.63, 3.8) is 0 Å². The Kier molecular flexibility index (Phi) is 7.09. The highest BCUT2D eigenvalue weighted by atomic mass is 32.1. The lowest BCUT2D eigenvalue weighted by atomic mass is 10.0. The molecule has 5 heteroatoms. The highest BCUT2D eigenvalue weighted by molar-refractivity contribution is 7.11. The molecule has 0 fully saturated rings. The predicted octanol–water partition coefficient (Wildman–Crippen LogP) is 5.58. The number of Topliss-reactive ketones (excluding diaryl/α,β-unsaturated/α-hetero) is 1. The second-order valence-electron chi connectivity index (χ2n) is 6.45. The van der Waals surface area contributed by atoms with Crippen LogP contribution in [0.15, 0.2) is 60.0 Å². The molecule has 0 bridgehead atoms. The van der Waals surface area contributed by atoms with Crippen LogP contribution in [0.1, 0.15) is 52.0 Å². The monoisotopic (exact) mass is 393 g/mol.